The molecule has 3 spiro atoms. The molecule has 31 heteroatoms. The van der Waals surface area contributed by atoms with Crippen LogP contribution in [-0.2, 0) is 119 Å². The van der Waals surface area contributed by atoms with Gasteiger partial charge < -0.3 is 101 Å². The first kappa shape index (κ1) is 108. The summed E-state index contributed by atoms with van der Waals surface area (Å²) >= 11 is 0. The summed E-state index contributed by atoms with van der Waals surface area (Å²) in [7, 11) is 6.64. The van der Waals surface area contributed by atoms with Crippen molar-refractivity contribution in [3.05, 3.63) is 143 Å². The maximum Gasteiger partial charge on any atom is 0.335 e. The molecule has 0 radical (unpaired) electrons. The third-order valence-corrected chi connectivity index (χ3v) is 34.9. The number of quaternary nitrogens is 2. The van der Waals surface area contributed by atoms with E-state index in [0.29, 0.717) is 54.7 Å². The van der Waals surface area contributed by atoms with Crippen LogP contribution in [0.25, 0.3) is 0 Å². The second-order valence-electron chi connectivity index (χ2n) is 44.2. The number of hydrogen-bond donors (Lipinski definition) is 6. The molecule has 9 aliphatic carbocycles. The minimum Gasteiger partial charge on any atom is -0.459 e. The van der Waals surface area contributed by atoms with Gasteiger partial charge in [-0.1, -0.05) is 158 Å². The van der Waals surface area contributed by atoms with Gasteiger partial charge in [-0.25, -0.2) is 28.8 Å². The van der Waals surface area contributed by atoms with Gasteiger partial charge >= 0.3 is 53.7 Å². The van der Waals surface area contributed by atoms with E-state index in [9.17, 15) is 63.3 Å². The predicted molar refractivity (Wildman–Crippen MR) is 523 cm³/mol. The van der Waals surface area contributed by atoms with Crippen LogP contribution in [0.1, 0.15) is 200 Å². The van der Waals surface area contributed by atoms with E-state index in [4.69, 9.17) is 71.1 Å². The molecule has 0 aromatic rings. The van der Waals surface area contributed by atoms with Gasteiger partial charge in [-0.2, -0.15) is 0 Å². The topological polar surface area (TPSA) is 391 Å². The molecule has 3 saturated carbocycles. The maximum absolute atomic E-state index is 13.7. The first-order valence-electron chi connectivity index (χ1n) is 52.8. The van der Waals surface area contributed by atoms with Gasteiger partial charge in [0, 0.05) is 147 Å². The quantitative estimate of drug-likeness (QED) is 0.0203. The standard InChI is InChI=1S/C40H57NO9.C39H55NO9.C33H43NO10/c1-23-16-19-41(20-17-23)18-10-9-13-32(42)47-27(5)35-24(2)21-25(3)40-29(22-31(46-6)39(45)48-35)14-15-30-33(40)34(43)26(4)36(37(30)50-40)49-38(44)28-11-7-8-12-28;1-22-20-23(2)39-28(14-15-29-32(39)33(42)24(3)35(36(29)49-39)48-37(43)27-11-7-8-12-27)21-30(45-6)38(44)47-34(22)25(4)46-31(41)13-9-10-26-16-18-40(5)19-17-26;1-16-13-17(2)33-22(14-24(40-6)32(39)42-28(16)19(4)41-25(36)15-34-20(5)35)11-12-23-26(33)27(37)18(3)29(30(23)44-33)43-31(38)21-9-7-8-10-21/h7-8,11,14-15,21,23-24,26-27,29-31,33-37,43H,9-10,12-13,16-20,22H2,1-6H3;7-8,11,14-15,20,22,24-26,28-30,32-36,42H,9-10,12-13,16-19,21H2,1-6H3;7-9,11-13,16,18-19,22-24,26-30,37H,10,14-15H2,1-6H3,(H,34,35)/p+2/b25-21+;23-20+;17-13+/t24-,26-,27-,29?,30-,31+,33+,34-,35+,36-,37-,40+;22-,24-,25-,28?,29-,30+,32+,33-,34+,35-,36-,39+;16-,18-,19-,22-,23-,24+,26+,27-,28+,29-,30-,33+/m111/s1. The molecule has 17 aliphatic rings. The average Bonchev–Trinajstić information content (AvgIpc) is 1.54. The van der Waals surface area contributed by atoms with E-state index in [2.05, 4.69) is 55.7 Å². The summed E-state index contributed by atoms with van der Waals surface area (Å²) in [5.74, 6) is -7.81. The number of carbonyl (C=O) groups is 10. The van der Waals surface area contributed by atoms with E-state index in [1.165, 1.54) is 80.1 Å². The van der Waals surface area contributed by atoms with Crippen molar-refractivity contribution in [3.8, 4) is 0 Å². The first-order valence-corrected chi connectivity index (χ1v) is 52.8. The molecule has 12 bridgehead atoms. The smallest absolute Gasteiger partial charge is 0.335 e. The number of carbonyl (C=O) groups excluding carboxylic acids is 10. The molecule has 36 atom stereocenters. The Morgan fingerprint density at radius 2 is 0.797 bits per heavy atom. The van der Waals surface area contributed by atoms with Crippen LogP contribution in [0.5, 0.6) is 0 Å². The third kappa shape index (κ3) is 22.3. The lowest BCUT2D eigenvalue weighted by atomic mass is 9.57. The molecule has 8 aliphatic heterocycles. The molecule has 0 aromatic carbocycles. The molecule has 2 unspecified atom stereocenters. The number of esters is 9. The normalized spacial score (nSPS) is 42.2. The SMILES string of the molecule is CO[C@H]1CC2C=C[C@H]3[C@H]4O[C@]2(/C(C)=C/[C@@H](C)[C@@H]([C@@H](C)OC(=O)CCCC2CC[NH+](C)CC2)OC1=O)[C@@H]3[C@H](O)[C@@H](C)[C@H]4OC(=O)C1=CC=CC1.CO[C@H]1CC2C=C[C@H]3[C@H]4O[C@]2(/C(C)=C/[C@@H](C)[C@@H]([C@@H](C)OC(=O)CCCC[NH+]2CCC(C)CC2)OC1=O)[C@@H]3[C@H](O)[C@@H](C)[C@H]4OC(=O)C1=CC=CC1.CO[C@H]1C[C@H]2C=C[C@H]3[C@H]4O[C@]2(/C(C)=C/[C@@H](C)[C@@H]([C@@H](C)OC(=O)CNC(C)=O)OC1=O)[C@@H]3[C@H](O)[C@@H](C)[C@H]4OC(=O)C1=CC=CC1. The van der Waals surface area contributed by atoms with Crippen molar-refractivity contribution in [3.63, 3.8) is 0 Å². The number of unbranched alkanes of at least 4 members (excludes halogenated alkanes) is 1. The van der Waals surface area contributed by atoms with Gasteiger partial charge in [-0.3, -0.25) is 19.2 Å². The zero-order chi connectivity index (χ0) is 103. The van der Waals surface area contributed by atoms with E-state index >= 15 is 0 Å². The van der Waals surface area contributed by atoms with Crippen LogP contribution in [0.4, 0.5) is 0 Å². The molecule has 8 fully saturated rings. The Balaban J connectivity index is 0.000000162. The van der Waals surface area contributed by atoms with Crippen LogP contribution < -0.4 is 15.1 Å². The fourth-order valence-corrected chi connectivity index (χ4v) is 27.1. The number of nitrogens with one attached hydrogen (secondary N) is 3. The number of aliphatic hydroxyl groups is 3. The summed E-state index contributed by atoms with van der Waals surface area (Å²) in [5, 5.41) is 38.2. The highest BCUT2D eigenvalue weighted by molar-refractivity contribution is 5.91. The zero-order valence-corrected chi connectivity index (χ0v) is 86.7. The predicted octanol–water partition coefficient (Wildman–Crippen LogP) is 9.30. The van der Waals surface area contributed by atoms with Crippen LogP contribution in [-0.4, -0.2) is 269 Å². The van der Waals surface area contributed by atoms with Gasteiger partial charge in [-0.15, -0.1) is 0 Å². The number of cyclic esters (lactones) is 3. The van der Waals surface area contributed by atoms with Crippen molar-refractivity contribution in [2.24, 2.45) is 101 Å². The highest BCUT2D eigenvalue weighted by Crippen LogP contribution is 2.65. The van der Waals surface area contributed by atoms with E-state index in [0.717, 1.165) is 54.9 Å². The average molecular weight is 1990 g/mol. The molecule has 0 aromatic heterocycles. The fourth-order valence-electron chi connectivity index (χ4n) is 27.1. The Morgan fingerprint density at radius 3 is 1.12 bits per heavy atom. The lowest BCUT2D eigenvalue weighted by molar-refractivity contribution is -0.906. The maximum atomic E-state index is 13.7. The van der Waals surface area contributed by atoms with Crippen LogP contribution in [0.3, 0.4) is 0 Å². The van der Waals surface area contributed by atoms with E-state index in [-0.39, 0.29) is 121 Å². The second-order valence-corrected chi connectivity index (χ2v) is 44.2. The molecule has 17 rings (SSSR count). The van der Waals surface area contributed by atoms with E-state index in [1.807, 2.05) is 117 Å². The zero-order valence-electron chi connectivity index (χ0n) is 86.7. The Hall–Kier alpha value is -8.86. The van der Waals surface area contributed by atoms with Crippen molar-refractivity contribution in [2.45, 2.75) is 326 Å². The van der Waals surface area contributed by atoms with E-state index in [1.54, 1.807) is 48.8 Å². The molecular formula is C112H157N3O28+2. The number of hydrogen-bond acceptors (Lipinski definition) is 28. The highest BCUT2D eigenvalue weighted by Gasteiger charge is 2.73. The summed E-state index contributed by atoms with van der Waals surface area (Å²) in [6.45, 7) is 31.8. The number of likely N-dealkylation sites (tertiary alicyclic amines) is 2. The van der Waals surface area contributed by atoms with Gasteiger partial charge in [-0.05, 0) is 160 Å². The Labute approximate surface area is 842 Å². The van der Waals surface area contributed by atoms with Crippen molar-refractivity contribution >= 4 is 59.6 Å². The molecule has 786 valence electrons. The van der Waals surface area contributed by atoms with Gasteiger partial charge in [0.2, 0.25) is 5.91 Å². The van der Waals surface area contributed by atoms with Crippen LogP contribution in [0.15, 0.2) is 143 Å². The number of aliphatic hydroxyl groups excluding tert-OH is 3. The third-order valence-electron chi connectivity index (χ3n) is 34.9. The number of methoxy groups -OCH3 is 3. The minimum atomic E-state index is -1.01. The largest absolute Gasteiger partial charge is 0.459 e. The summed E-state index contributed by atoms with van der Waals surface area (Å²) in [6.07, 6.45) is 33.0. The molecule has 31 nitrogen and oxygen atoms in total. The Bertz CT molecular complexity index is 5040. The van der Waals surface area contributed by atoms with Crippen LogP contribution in [0, 0.1) is 101 Å². The first-order chi connectivity index (χ1) is 68.3. The molecule has 143 heavy (non-hydrogen) atoms. The molecule has 1 amide bonds. The lowest BCUT2D eigenvalue weighted by Crippen LogP contribution is -3.13. The van der Waals surface area contributed by atoms with Crippen LogP contribution in [0.2, 0.25) is 0 Å². The lowest BCUT2D eigenvalue weighted by Gasteiger charge is -2.49. The van der Waals surface area contributed by atoms with Crippen molar-refractivity contribution < 1.29 is 144 Å². The Morgan fingerprint density at radius 1 is 0.462 bits per heavy atom. The monoisotopic (exact) mass is 1990 g/mol. The highest BCUT2D eigenvalue weighted by atomic mass is 16.6. The molecular weight excluding hydrogens is 1840 g/mol. The van der Waals surface area contributed by atoms with Crippen LogP contribution >= 0.6 is 0 Å². The number of ether oxygens (including phenoxy) is 15. The van der Waals surface area contributed by atoms with Gasteiger partial charge in [0.15, 0.2) is 18.3 Å². The fraction of sp³-hybridized carbons (Fsp3) is 0.696. The van der Waals surface area contributed by atoms with Gasteiger partial charge in [0.1, 0.15) is 96.6 Å². The van der Waals surface area contributed by atoms with Crippen molar-refractivity contribution in [2.75, 3.05) is 67.6 Å². The number of rotatable bonds is 26. The summed E-state index contributed by atoms with van der Waals surface area (Å²) in [6, 6.07) is 0. The molecule has 6 N–H and O–H groups in total. The molecule has 5 saturated heterocycles. The molecule has 8 heterocycles. The van der Waals surface area contributed by atoms with Crippen molar-refractivity contribution in [1.29, 1.82) is 0 Å². The summed E-state index contributed by atoms with van der Waals surface area (Å²) in [5.41, 5.74) is 1.45. The summed E-state index contributed by atoms with van der Waals surface area (Å²) < 4.78 is 92.1. The number of amides is 1. The summed E-state index contributed by atoms with van der Waals surface area (Å²) in [4.78, 5) is 133. The Kier molecular flexibility index (Phi) is 35.1. The minimum absolute atomic E-state index is 0.183. The second kappa shape index (κ2) is 46.3. The van der Waals surface area contributed by atoms with Crippen molar-refractivity contribution in [1.82, 2.24) is 5.32 Å². The number of piperidine rings is 2. The van der Waals surface area contributed by atoms with Gasteiger partial charge in [0.25, 0.3) is 0 Å². The van der Waals surface area contributed by atoms with Gasteiger partial charge in [0.05, 0.1) is 58.1 Å². The number of allylic oxidation sites excluding steroid dienone is 9. The van der Waals surface area contributed by atoms with E-state index < -0.39 is 180 Å².